The average Bonchev–Trinajstić information content (AvgIpc) is 2.16. The van der Waals surface area contributed by atoms with Crippen molar-refractivity contribution in [1.82, 2.24) is 10.3 Å². The van der Waals surface area contributed by atoms with Gasteiger partial charge in [0, 0.05) is 25.0 Å². The lowest BCUT2D eigenvalue weighted by molar-refractivity contribution is 0.634. The molecule has 0 radical (unpaired) electrons. The second kappa shape index (κ2) is 4.67. The van der Waals surface area contributed by atoms with Gasteiger partial charge in [-0.1, -0.05) is 6.08 Å². The van der Waals surface area contributed by atoms with Gasteiger partial charge < -0.3 is 5.32 Å². The molecule has 1 aromatic rings. The highest BCUT2D eigenvalue weighted by atomic mass is 14.9. The second-order valence-corrected chi connectivity index (χ2v) is 2.76. The van der Waals surface area contributed by atoms with Gasteiger partial charge in [0.15, 0.2) is 0 Å². The summed E-state index contributed by atoms with van der Waals surface area (Å²) in [5, 5.41) is 3.30. The van der Waals surface area contributed by atoms with E-state index in [0.717, 1.165) is 6.54 Å². The van der Waals surface area contributed by atoms with E-state index in [9.17, 15) is 0 Å². The first kappa shape index (κ1) is 8.94. The second-order valence-electron chi connectivity index (χ2n) is 2.76. The Labute approximate surface area is 73.3 Å². The first-order valence-electron chi connectivity index (χ1n) is 4.08. The Morgan fingerprint density at radius 2 is 2.25 bits per heavy atom. The molecule has 0 aliphatic heterocycles. The van der Waals surface area contributed by atoms with Crippen molar-refractivity contribution in [3.05, 3.63) is 42.7 Å². The van der Waals surface area contributed by atoms with Gasteiger partial charge in [0.05, 0.1) is 0 Å². The van der Waals surface area contributed by atoms with Crippen LogP contribution in [0.2, 0.25) is 0 Å². The van der Waals surface area contributed by atoms with Gasteiger partial charge in [0.1, 0.15) is 0 Å². The summed E-state index contributed by atoms with van der Waals surface area (Å²) < 4.78 is 0. The van der Waals surface area contributed by atoms with E-state index in [0.29, 0.717) is 6.04 Å². The SMILES string of the molecule is C=CC(C)NCc1ccncc1. The minimum atomic E-state index is 0.359. The molecule has 0 aliphatic rings. The highest BCUT2D eigenvalue weighted by molar-refractivity contribution is 5.09. The zero-order valence-electron chi connectivity index (χ0n) is 7.33. The fourth-order valence-corrected chi connectivity index (χ4v) is 0.863. The predicted molar refractivity (Wildman–Crippen MR) is 50.7 cm³/mol. The van der Waals surface area contributed by atoms with Crippen LogP contribution in [-0.4, -0.2) is 11.0 Å². The van der Waals surface area contributed by atoms with E-state index in [1.807, 2.05) is 18.2 Å². The number of rotatable bonds is 4. The summed E-state index contributed by atoms with van der Waals surface area (Å²) >= 11 is 0. The normalized spacial score (nSPS) is 12.4. The lowest BCUT2D eigenvalue weighted by Gasteiger charge is -2.07. The summed E-state index contributed by atoms with van der Waals surface area (Å²) in [5.41, 5.74) is 1.25. The Hall–Kier alpha value is -1.15. The maximum Gasteiger partial charge on any atom is 0.0271 e. The minimum absolute atomic E-state index is 0.359. The van der Waals surface area contributed by atoms with Crippen LogP contribution in [0.3, 0.4) is 0 Å². The van der Waals surface area contributed by atoms with Crippen LogP contribution in [0.5, 0.6) is 0 Å². The molecule has 1 unspecified atom stereocenters. The topological polar surface area (TPSA) is 24.9 Å². The monoisotopic (exact) mass is 162 g/mol. The number of nitrogens with zero attached hydrogens (tertiary/aromatic N) is 1. The van der Waals surface area contributed by atoms with Gasteiger partial charge in [-0.15, -0.1) is 6.58 Å². The fourth-order valence-electron chi connectivity index (χ4n) is 0.863. The third kappa shape index (κ3) is 2.84. The van der Waals surface area contributed by atoms with Crippen LogP contribution in [0.15, 0.2) is 37.2 Å². The molecule has 1 aromatic heterocycles. The molecular formula is C10H14N2. The third-order valence-electron chi connectivity index (χ3n) is 1.73. The van der Waals surface area contributed by atoms with Crippen LogP contribution in [0.25, 0.3) is 0 Å². The van der Waals surface area contributed by atoms with E-state index in [1.54, 1.807) is 12.4 Å². The molecule has 0 spiro atoms. The van der Waals surface area contributed by atoms with Gasteiger partial charge in [0.25, 0.3) is 0 Å². The summed E-state index contributed by atoms with van der Waals surface area (Å²) in [6, 6.07) is 4.36. The van der Waals surface area contributed by atoms with Gasteiger partial charge in [0.2, 0.25) is 0 Å². The lowest BCUT2D eigenvalue weighted by atomic mass is 10.2. The molecule has 0 amide bonds. The Morgan fingerprint density at radius 3 is 2.83 bits per heavy atom. The summed E-state index contributed by atoms with van der Waals surface area (Å²) in [6.45, 7) is 6.65. The summed E-state index contributed by atoms with van der Waals surface area (Å²) in [5.74, 6) is 0. The van der Waals surface area contributed by atoms with Crippen molar-refractivity contribution in [3.8, 4) is 0 Å². The maximum atomic E-state index is 3.94. The molecule has 0 fully saturated rings. The maximum absolute atomic E-state index is 3.94. The van der Waals surface area contributed by atoms with Gasteiger partial charge in [-0.25, -0.2) is 0 Å². The van der Waals surface area contributed by atoms with Crippen LogP contribution >= 0.6 is 0 Å². The predicted octanol–water partition coefficient (Wildman–Crippen LogP) is 1.75. The molecule has 1 rings (SSSR count). The van der Waals surface area contributed by atoms with Crippen molar-refractivity contribution in [1.29, 1.82) is 0 Å². The van der Waals surface area contributed by atoms with Crippen molar-refractivity contribution in [3.63, 3.8) is 0 Å². The molecule has 1 N–H and O–H groups in total. The van der Waals surface area contributed by atoms with Gasteiger partial charge in [-0.05, 0) is 24.6 Å². The van der Waals surface area contributed by atoms with Crippen molar-refractivity contribution >= 4 is 0 Å². The molecule has 0 saturated heterocycles. The molecule has 1 atom stereocenters. The zero-order valence-corrected chi connectivity index (χ0v) is 7.33. The van der Waals surface area contributed by atoms with E-state index >= 15 is 0 Å². The number of hydrogen-bond donors (Lipinski definition) is 1. The third-order valence-corrected chi connectivity index (χ3v) is 1.73. The molecule has 2 heteroatoms. The number of hydrogen-bond acceptors (Lipinski definition) is 2. The standard InChI is InChI=1S/C10H14N2/c1-3-9(2)12-8-10-4-6-11-7-5-10/h3-7,9,12H,1,8H2,2H3. The summed E-state index contributed by atoms with van der Waals surface area (Å²) in [7, 11) is 0. The molecule has 64 valence electrons. The molecule has 0 bridgehead atoms. The zero-order chi connectivity index (χ0) is 8.81. The Bertz CT molecular complexity index is 231. The smallest absolute Gasteiger partial charge is 0.0271 e. The first-order valence-corrected chi connectivity index (χ1v) is 4.08. The van der Waals surface area contributed by atoms with Gasteiger partial charge >= 0.3 is 0 Å². The van der Waals surface area contributed by atoms with Crippen molar-refractivity contribution in [2.24, 2.45) is 0 Å². The molecule has 2 nitrogen and oxygen atoms in total. The number of aromatic nitrogens is 1. The first-order chi connectivity index (χ1) is 5.83. The van der Waals surface area contributed by atoms with Crippen LogP contribution in [-0.2, 0) is 6.54 Å². The highest BCUT2D eigenvalue weighted by Crippen LogP contribution is 1.95. The molecule has 0 aromatic carbocycles. The minimum Gasteiger partial charge on any atom is -0.307 e. The molecule has 12 heavy (non-hydrogen) atoms. The van der Waals surface area contributed by atoms with Gasteiger partial charge in [-0.2, -0.15) is 0 Å². The Balaban J connectivity index is 2.38. The largest absolute Gasteiger partial charge is 0.307 e. The van der Waals surface area contributed by atoms with Gasteiger partial charge in [-0.3, -0.25) is 4.98 Å². The Kier molecular flexibility index (Phi) is 3.48. The highest BCUT2D eigenvalue weighted by Gasteiger charge is 1.94. The number of nitrogens with one attached hydrogen (secondary N) is 1. The van der Waals surface area contributed by atoms with Crippen molar-refractivity contribution < 1.29 is 0 Å². The van der Waals surface area contributed by atoms with E-state index in [-0.39, 0.29) is 0 Å². The van der Waals surface area contributed by atoms with Crippen LogP contribution in [0.1, 0.15) is 12.5 Å². The molecule has 1 heterocycles. The van der Waals surface area contributed by atoms with Crippen LogP contribution in [0.4, 0.5) is 0 Å². The molecule has 0 aliphatic carbocycles. The van der Waals surface area contributed by atoms with Crippen molar-refractivity contribution in [2.45, 2.75) is 19.5 Å². The van der Waals surface area contributed by atoms with E-state index in [2.05, 4.69) is 23.8 Å². The van der Waals surface area contributed by atoms with Crippen LogP contribution in [0, 0.1) is 0 Å². The fraction of sp³-hybridized carbons (Fsp3) is 0.300. The van der Waals surface area contributed by atoms with Crippen molar-refractivity contribution in [2.75, 3.05) is 0 Å². The van der Waals surface area contributed by atoms with E-state index in [1.165, 1.54) is 5.56 Å². The quantitative estimate of drug-likeness (QED) is 0.682. The molecule has 0 saturated carbocycles. The molecular weight excluding hydrogens is 148 g/mol. The number of pyridine rings is 1. The summed E-state index contributed by atoms with van der Waals surface area (Å²) in [6.07, 6.45) is 5.49. The van der Waals surface area contributed by atoms with Crippen LogP contribution < -0.4 is 5.32 Å². The summed E-state index contributed by atoms with van der Waals surface area (Å²) in [4.78, 5) is 3.94. The van der Waals surface area contributed by atoms with E-state index < -0.39 is 0 Å². The van der Waals surface area contributed by atoms with E-state index in [4.69, 9.17) is 0 Å². The lowest BCUT2D eigenvalue weighted by Crippen LogP contribution is -2.22. The average molecular weight is 162 g/mol. The Morgan fingerprint density at radius 1 is 1.58 bits per heavy atom.